The van der Waals surface area contributed by atoms with Gasteiger partial charge in [-0.05, 0) is 44.5 Å². The van der Waals surface area contributed by atoms with Crippen molar-refractivity contribution < 1.29 is 9.59 Å². The van der Waals surface area contributed by atoms with E-state index >= 15 is 0 Å². The second kappa shape index (κ2) is 6.32. The Kier molecular flexibility index (Phi) is 4.08. The third-order valence-electron chi connectivity index (χ3n) is 4.75. The summed E-state index contributed by atoms with van der Waals surface area (Å²) in [5, 5.41) is 6.67. The van der Waals surface area contributed by atoms with Gasteiger partial charge in [0, 0.05) is 16.9 Å². The van der Waals surface area contributed by atoms with Crippen LogP contribution in [0.25, 0.3) is 11.3 Å². The molecule has 0 saturated heterocycles. The number of hydrogen-bond donors (Lipinski definition) is 2. The Balaban J connectivity index is 1.65. The van der Waals surface area contributed by atoms with Crippen LogP contribution in [-0.4, -0.2) is 16.8 Å². The molecule has 2 aromatic carbocycles. The lowest BCUT2D eigenvalue weighted by Crippen LogP contribution is -2.26. The molecular formula is C21H19N3O2S. The van der Waals surface area contributed by atoms with Crippen molar-refractivity contribution in [1.29, 1.82) is 0 Å². The largest absolute Gasteiger partial charge is 0.325 e. The molecule has 0 saturated carbocycles. The number of hydrogen-bond acceptors (Lipinski definition) is 4. The minimum Gasteiger partial charge on any atom is -0.325 e. The first-order valence-corrected chi connectivity index (χ1v) is 9.48. The number of carbonyl (C=O) groups excluding carboxylic acids is 2. The monoisotopic (exact) mass is 377 g/mol. The Bertz CT molecular complexity index is 1050. The molecule has 0 spiro atoms. The van der Waals surface area contributed by atoms with Crippen LogP contribution in [0, 0.1) is 6.92 Å². The van der Waals surface area contributed by atoms with Crippen molar-refractivity contribution >= 4 is 34.5 Å². The van der Waals surface area contributed by atoms with Gasteiger partial charge in [-0.2, -0.15) is 0 Å². The average Bonchev–Trinajstić information content (AvgIpc) is 3.14. The van der Waals surface area contributed by atoms with E-state index in [0.29, 0.717) is 16.3 Å². The van der Waals surface area contributed by atoms with Crippen molar-refractivity contribution in [3.8, 4) is 11.3 Å². The summed E-state index contributed by atoms with van der Waals surface area (Å²) in [4.78, 5) is 30.1. The molecule has 0 atom stereocenters. The van der Waals surface area contributed by atoms with E-state index in [9.17, 15) is 9.59 Å². The Morgan fingerprint density at radius 3 is 2.63 bits per heavy atom. The lowest BCUT2D eigenvalue weighted by molar-refractivity contribution is -0.119. The number of nitrogens with zero attached hydrogens (tertiary/aromatic N) is 1. The lowest BCUT2D eigenvalue weighted by atomic mass is 9.86. The minimum atomic E-state index is -0.619. The number of fused-ring (bicyclic) bond motifs is 1. The summed E-state index contributed by atoms with van der Waals surface area (Å²) in [5.74, 6) is -0.236. The summed E-state index contributed by atoms with van der Waals surface area (Å²) in [7, 11) is 0. The van der Waals surface area contributed by atoms with Crippen LogP contribution >= 0.6 is 11.3 Å². The lowest BCUT2D eigenvalue weighted by Gasteiger charge is -2.16. The van der Waals surface area contributed by atoms with E-state index in [1.54, 1.807) is 6.07 Å². The number of amides is 2. The van der Waals surface area contributed by atoms with Gasteiger partial charge in [-0.3, -0.25) is 9.59 Å². The van der Waals surface area contributed by atoms with Gasteiger partial charge < -0.3 is 10.6 Å². The van der Waals surface area contributed by atoms with E-state index in [2.05, 4.69) is 15.6 Å². The number of rotatable bonds is 3. The molecule has 136 valence electrons. The van der Waals surface area contributed by atoms with Crippen molar-refractivity contribution in [3.63, 3.8) is 0 Å². The number of thiazole rings is 1. The van der Waals surface area contributed by atoms with Gasteiger partial charge in [-0.1, -0.05) is 30.3 Å². The maximum Gasteiger partial charge on any atom is 0.268 e. The molecule has 6 heteroatoms. The normalized spacial score (nSPS) is 14.6. The van der Waals surface area contributed by atoms with Gasteiger partial charge in [0.15, 0.2) is 0 Å². The fourth-order valence-electron chi connectivity index (χ4n) is 3.21. The van der Waals surface area contributed by atoms with Crippen LogP contribution in [0.3, 0.4) is 0 Å². The molecule has 2 N–H and O–H groups in total. The van der Waals surface area contributed by atoms with Crippen LogP contribution in [-0.2, 0) is 10.2 Å². The van der Waals surface area contributed by atoms with E-state index in [0.717, 1.165) is 21.8 Å². The van der Waals surface area contributed by atoms with Gasteiger partial charge in [0.2, 0.25) is 5.91 Å². The molecule has 0 radical (unpaired) electrons. The van der Waals surface area contributed by atoms with Gasteiger partial charge in [0.1, 0.15) is 4.88 Å². The number of carbonyl (C=O) groups is 2. The zero-order valence-electron chi connectivity index (χ0n) is 15.3. The molecule has 1 aliphatic rings. The molecule has 0 unspecified atom stereocenters. The highest BCUT2D eigenvalue weighted by molar-refractivity contribution is 7.14. The summed E-state index contributed by atoms with van der Waals surface area (Å²) in [6, 6.07) is 15.2. The van der Waals surface area contributed by atoms with Crippen molar-refractivity contribution in [2.24, 2.45) is 0 Å². The highest BCUT2D eigenvalue weighted by Gasteiger charge is 2.38. The number of benzene rings is 2. The smallest absolute Gasteiger partial charge is 0.268 e. The first kappa shape index (κ1) is 17.4. The highest BCUT2D eigenvalue weighted by Crippen LogP contribution is 2.39. The van der Waals surface area contributed by atoms with E-state index in [1.807, 2.05) is 63.2 Å². The summed E-state index contributed by atoms with van der Waals surface area (Å²) in [6.07, 6.45) is 0. The van der Waals surface area contributed by atoms with Gasteiger partial charge in [-0.25, -0.2) is 4.98 Å². The zero-order valence-corrected chi connectivity index (χ0v) is 16.1. The summed E-state index contributed by atoms with van der Waals surface area (Å²) in [5.41, 5.74) is 3.32. The van der Waals surface area contributed by atoms with Gasteiger partial charge in [0.25, 0.3) is 5.91 Å². The van der Waals surface area contributed by atoms with Gasteiger partial charge >= 0.3 is 0 Å². The van der Waals surface area contributed by atoms with E-state index in [1.165, 1.54) is 11.3 Å². The van der Waals surface area contributed by atoms with Crippen molar-refractivity contribution in [3.05, 3.63) is 64.0 Å². The predicted molar refractivity (Wildman–Crippen MR) is 108 cm³/mol. The Morgan fingerprint density at radius 2 is 1.89 bits per heavy atom. The predicted octanol–water partition coefficient (Wildman–Crippen LogP) is 4.60. The standard InChI is InChI=1S/C21H19N3O2S/c1-12-22-17(13-7-5-4-6-8-13)18(27-12)19(25)23-14-9-10-16-15(11-14)21(2,3)20(26)24-16/h4-11H,1-3H3,(H,23,25)(H,24,26). The van der Waals surface area contributed by atoms with Crippen molar-refractivity contribution in [1.82, 2.24) is 4.98 Å². The molecule has 1 aromatic heterocycles. The maximum atomic E-state index is 12.9. The quantitative estimate of drug-likeness (QED) is 0.701. The number of aromatic nitrogens is 1. The van der Waals surface area contributed by atoms with Crippen LogP contribution in [0.1, 0.15) is 34.1 Å². The minimum absolute atomic E-state index is 0.0366. The zero-order chi connectivity index (χ0) is 19.2. The van der Waals surface area contributed by atoms with E-state index in [-0.39, 0.29) is 11.8 Å². The van der Waals surface area contributed by atoms with E-state index in [4.69, 9.17) is 0 Å². The summed E-state index contributed by atoms with van der Waals surface area (Å²) < 4.78 is 0. The number of anilines is 2. The molecule has 1 aliphatic heterocycles. The Labute approximate surface area is 161 Å². The molecule has 0 aliphatic carbocycles. The van der Waals surface area contributed by atoms with E-state index < -0.39 is 5.41 Å². The van der Waals surface area contributed by atoms with Gasteiger partial charge in [0.05, 0.1) is 16.1 Å². The molecule has 2 heterocycles. The number of aryl methyl sites for hydroxylation is 1. The van der Waals surface area contributed by atoms with Crippen molar-refractivity contribution in [2.75, 3.05) is 10.6 Å². The second-order valence-corrected chi connectivity index (χ2v) is 8.27. The molecule has 27 heavy (non-hydrogen) atoms. The molecule has 3 aromatic rings. The second-order valence-electron chi connectivity index (χ2n) is 7.07. The van der Waals surface area contributed by atoms with Crippen LogP contribution in [0.5, 0.6) is 0 Å². The Hall–Kier alpha value is -2.99. The first-order valence-electron chi connectivity index (χ1n) is 8.66. The summed E-state index contributed by atoms with van der Waals surface area (Å²) in [6.45, 7) is 5.64. The van der Waals surface area contributed by atoms with Gasteiger partial charge in [-0.15, -0.1) is 11.3 Å². The first-order chi connectivity index (χ1) is 12.9. The molecule has 2 amide bonds. The fraction of sp³-hybridized carbons (Fsp3) is 0.190. The topological polar surface area (TPSA) is 71.1 Å². The van der Waals surface area contributed by atoms with Crippen LogP contribution in [0.15, 0.2) is 48.5 Å². The number of nitrogens with one attached hydrogen (secondary N) is 2. The van der Waals surface area contributed by atoms with Crippen LogP contribution < -0.4 is 10.6 Å². The molecule has 4 rings (SSSR count). The molecule has 5 nitrogen and oxygen atoms in total. The SMILES string of the molecule is Cc1nc(-c2ccccc2)c(C(=O)Nc2ccc3c(c2)C(C)(C)C(=O)N3)s1. The fourth-order valence-corrected chi connectivity index (χ4v) is 4.05. The average molecular weight is 377 g/mol. The van der Waals surface area contributed by atoms with Crippen LogP contribution in [0.2, 0.25) is 0 Å². The molecule has 0 fully saturated rings. The summed E-state index contributed by atoms with van der Waals surface area (Å²) >= 11 is 1.37. The Morgan fingerprint density at radius 1 is 1.15 bits per heavy atom. The third kappa shape index (κ3) is 3.02. The highest BCUT2D eigenvalue weighted by atomic mass is 32.1. The maximum absolute atomic E-state index is 12.9. The molecular weight excluding hydrogens is 358 g/mol. The van der Waals surface area contributed by atoms with Crippen LogP contribution in [0.4, 0.5) is 11.4 Å². The molecule has 0 bridgehead atoms. The van der Waals surface area contributed by atoms with Crippen molar-refractivity contribution in [2.45, 2.75) is 26.2 Å². The third-order valence-corrected chi connectivity index (χ3v) is 5.72.